The predicted molar refractivity (Wildman–Crippen MR) is 76.1 cm³/mol. The summed E-state index contributed by atoms with van der Waals surface area (Å²) in [5, 5.41) is 6.31. The lowest BCUT2D eigenvalue weighted by Crippen LogP contribution is -2.50. The summed E-state index contributed by atoms with van der Waals surface area (Å²) < 4.78 is 0. The molecule has 20 heavy (non-hydrogen) atoms. The van der Waals surface area contributed by atoms with Crippen molar-refractivity contribution < 1.29 is 9.59 Å². The summed E-state index contributed by atoms with van der Waals surface area (Å²) in [6, 6.07) is -0.0109. The van der Waals surface area contributed by atoms with E-state index >= 15 is 0 Å². The van der Waals surface area contributed by atoms with Gasteiger partial charge in [0.15, 0.2) is 0 Å². The molecule has 112 valence electrons. The van der Waals surface area contributed by atoms with Crippen molar-refractivity contribution in [3.05, 3.63) is 0 Å². The first-order valence-electron chi connectivity index (χ1n) is 8.04. The van der Waals surface area contributed by atoms with Crippen LogP contribution in [0.3, 0.4) is 0 Å². The van der Waals surface area contributed by atoms with Gasteiger partial charge in [-0.1, -0.05) is 0 Å². The molecule has 2 unspecified atom stereocenters. The average molecular weight is 279 g/mol. The number of nitrogens with one attached hydrogen (secondary N) is 2. The Bertz CT molecular complexity index is 375. The van der Waals surface area contributed by atoms with Gasteiger partial charge in [-0.3, -0.25) is 9.59 Å². The molecule has 2 saturated heterocycles. The van der Waals surface area contributed by atoms with E-state index in [-0.39, 0.29) is 23.8 Å². The molecule has 0 bridgehead atoms. The van der Waals surface area contributed by atoms with Crippen molar-refractivity contribution in [3.63, 3.8) is 0 Å². The fraction of sp³-hybridized carbons (Fsp3) is 0.867. The van der Waals surface area contributed by atoms with Crippen LogP contribution in [0.4, 0.5) is 0 Å². The minimum Gasteiger partial charge on any atom is -0.356 e. The monoisotopic (exact) mass is 279 g/mol. The number of carbonyl (C=O) groups is 2. The highest BCUT2D eigenvalue weighted by atomic mass is 16.2. The third-order valence-corrected chi connectivity index (χ3v) is 4.72. The Balaban J connectivity index is 1.49. The van der Waals surface area contributed by atoms with Crippen molar-refractivity contribution in [2.24, 2.45) is 11.8 Å². The number of piperidine rings is 1. The molecule has 2 N–H and O–H groups in total. The molecule has 2 atom stereocenters. The summed E-state index contributed by atoms with van der Waals surface area (Å²) in [4.78, 5) is 26.4. The van der Waals surface area contributed by atoms with Crippen LogP contribution in [0.15, 0.2) is 0 Å². The van der Waals surface area contributed by atoms with E-state index in [0.29, 0.717) is 12.5 Å². The van der Waals surface area contributed by atoms with Gasteiger partial charge in [-0.15, -0.1) is 0 Å². The largest absolute Gasteiger partial charge is 0.356 e. The number of nitrogens with zero attached hydrogens (tertiary/aromatic N) is 1. The molecule has 1 aliphatic carbocycles. The maximum atomic E-state index is 12.4. The lowest BCUT2D eigenvalue weighted by Gasteiger charge is -2.33. The van der Waals surface area contributed by atoms with Crippen LogP contribution < -0.4 is 10.6 Å². The minimum atomic E-state index is -0.0109. The molecule has 2 amide bonds. The van der Waals surface area contributed by atoms with Gasteiger partial charge in [0.25, 0.3) is 0 Å². The predicted octanol–water partition coefficient (Wildman–Crippen LogP) is 0.503. The maximum absolute atomic E-state index is 12.4. The van der Waals surface area contributed by atoms with Gasteiger partial charge in [-0.2, -0.15) is 0 Å². The molecule has 3 rings (SSSR count). The highest BCUT2D eigenvalue weighted by Gasteiger charge is 2.33. The zero-order chi connectivity index (χ0) is 13.9. The fourth-order valence-electron chi connectivity index (χ4n) is 3.22. The SMILES string of the molecule is O=C(NCC1CC1)C1CCCN(C(=O)C2CCCN2)C1. The van der Waals surface area contributed by atoms with Crippen molar-refractivity contribution in [2.45, 2.75) is 44.6 Å². The van der Waals surface area contributed by atoms with Gasteiger partial charge in [0.05, 0.1) is 12.0 Å². The Morgan fingerprint density at radius 3 is 2.70 bits per heavy atom. The first kappa shape index (κ1) is 13.9. The van der Waals surface area contributed by atoms with E-state index in [2.05, 4.69) is 10.6 Å². The normalized spacial score (nSPS) is 30.3. The molecule has 5 heteroatoms. The summed E-state index contributed by atoms with van der Waals surface area (Å²) in [7, 11) is 0. The zero-order valence-electron chi connectivity index (χ0n) is 12.1. The number of hydrogen-bond acceptors (Lipinski definition) is 3. The van der Waals surface area contributed by atoms with E-state index in [1.54, 1.807) is 0 Å². The summed E-state index contributed by atoms with van der Waals surface area (Å²) in [5.74, 6) is 1.05. The number of rotatable bonds is 4. The van der Waals surface area contributed by atoms with Gasteiger partial charge in [0.2, 0.25) is 11.8 Å². The Kier molecular flexibility index (Phi) is 4.24. The summed E-state index contributed by atoms with van der Waals surface area (Å²) in [6.45, 7) is 3.18. The number of likely N-dealkylation sites (tertiary alicyclic amines) is 1. The van der Waals surface area contributed by atoms with Crippen LogP contribution in [0.5, 0.6) is 0 Å². The molecule has 0 aromatic heterocycles. The molecule has 1 saturated carbocycles. The van der Waals surface area contributed by atoms with Crippen molar-refractivity contribution in [2.75, 3.05) is 26.2 Å². The number of amides is 2. The van der Waals surface area contributed by atoms with E-state index in [1.165, 1.54) is 12.8 Å². The van der Waals surface area contributed by atoms with Crippen LogP contribution in [0.2, 0.25) is 0 Å². The smallest absolute Gasteiger partial charge is 0.239 e. The maximum Gasteiger partial charge on any atom is 0.239 e. The molecule has 2 aliphatic heterocycles. The van der Waals surface area contributed by atoms with Gasteiger partial charge >= 0.3 is 0 Å². The third kappa shape index (κ3) is 3.32. The summed E-state index contributed by atoms with van der Waals surface area (Å²) in [5.41, 5.74) is 0. The number of hydrogen-bond donors (Lipinski definition) is 2. The highest BCUT2D eigenvalue weighted by molar-refractivity contribution is 5.84. The van der Waals surface area contributed by atoms with E-state index < -0.39 is 0 Å². The Morgan fingerprint density at radius 2 is 2.00 bits per heavy atom. The first-order chi connectivity index (χ1) is 9.74. The minimum absolute atomic E-state index is 0.00662. The lowest BCUT2D eigenvalue weighted by atomic mass is 9.96. The molecule has 5 nitrogen and oxygen atoms in total. The van der Waals surface area contributed by atoms with E-state index in [1.807, 2.05) is 4.90 Å². The first-order valence-corrected chi connectivity index (χ1v) is 8.04. The van der Waals surface area contributed by atoms with Gasteiger partial charge < -0.3 is 15.5 Å². The molecule has 3 aliphatic rings. The zero-order valence-corrected chi connectivity index (χ0v) is 12.1. The molecule has 2 heterocycles. The Hall–Kier alpha value is -1.10. The second-order valence-electron chi connectivity index (χ2n) is 6.46. The van der Waals surface area contributed by atoms with Crippen LogP contribution in [0, 0.1) is 11.8 Å². The molecular weight excluding hydrogens is 254 g/mol. The van der Waals surface area contributed by atoms with Crippen molar-refractivity contribution >= 4 is 11.8 Å². The number of carbonyl (C=O) groups excluding carboxylic acids is 2. The van der Waals surface area contributed by atoms with Gasteiger partial charge in [-0.05, 0) is 51.0 Å². The van der Waals surface area contributed by atoms with Crippen LogP contribution in [0.1, 0.15) is 38.5 Å². The topological polar surface area (TPSA) is 61.4 Å². The molecular formula is C15H25N3O2. The van der Waals surface area contributed by atoms with Crippen LogP contribution in [0.25, 0.3) is 0 Å². The standard InChI is InChI=1S/C15H25N3O2/c19-14(17-9-11-5-6-11)12-3-2-8-18(10-12)15(20)13-4-1-7-16-13/h11-13,16H,1-10H2,(H,17,19). The van der Waals surface area contributed by atoms with Crippen LogP contribution in [-0.4, -0.2) is 48.9 Å². The van der Waals surface area contributed by atoms with Crippen LogP contribution >= 0.6 is 0 Å². The second-order valence-corrected chi connectivity index (χ2v) is 6.46. The van der Waals surface area contributed by atoms with E-state index in [0.717, 1.165) is 45.3 Å². The van der Waals surface area contributed by atoms with Crippen molar-refractivity contribution in [1.82, 2.24) is 15.5 Å². The van der Waals surface area contributed by atoms with Gasteiger partial charge in [0, 0.05) is 19.6 Å². The molecule has 3 fully saturated rings. The van der Waals surface area contributed by atoms with Crippen LogP contribution in [-0.2, 0) is 9.59 Å². The Morgan fingerprint density at radius 1 is 1.15 bits per heavy atom. The van der Waals surface area contributed by atoms with E-state index in [9.17, 15) is 9.59 Å². The second kappa shape index (κ2) is 6.12. The molecule has 0 aromatic carbocycles. The lowest BCUT2D eigenvalue weighted by molar-refractivity contribution is -0.137. The van der Waals surface area contributed by atoms with Gasteiger partial charge in [0.1, 0.15) is 0 Å². The van der Waals surface area contributed by atoms with E-state index in [4.69, 9.17) is 0 Å². The quantitative estimate of drug-likeness (QED) is 0.788. The summed E-state index contributed by atoms with van der Waals surface area (Å²) >= 11 is 0. The third-order valence-electron chi connectivity index (χ3n) is 4.72. The fourth-order valence-corrected chi connectivity index (χ4v) is 3.22. The molecule has 0 radical (unpaired) electrons. The average Bonchev–Trinajstić information content (AvgIpc) is 3.15. The summed E-state index contributed by atoms with van der Waals surface area (Å²) in [6.07, 6.45) is 6.38. The Labute approximate surface area is 120 Å². The highest BCUT2D eigenvalue weighted by Crippen LogP contribution is 2.28. The molecule has 0 spiro atoms. The molecule has 0 aromatic rings. The van der Waals surface area contributed by atoms with Crippen molar-refractivity contribution in [3.8, 4) is 0 Å². The van der Waals surface area contributed by atoms with Gasteiger partial charge in [-0.25, -0.2) is 0 Å². The van der Waals surface area contributed by atoms with Crippen molar-refractivity contribution in [1.29, 1.82) is 0 Å².